The number of hydrogen-bond acceptors (Lipinski definition) is 4. The van der Waals surface area contributed by atoms with Crippen molar-refractivity contribution in [3.8, 4) is 0 Å². The highest BCUT2D eigenvalue weighted by Gasteiger charge is 2.29. The minimum absolute atomic E-state index is 0.613. The van der Waals surface area contributed by atoms with Gasteiger partial charge >= 0.3 is 0 Å². The number of aromatic nitrogens is 1. The van der Waals surface area contributed by atoms with Crippen molar-refractivity contribution in [3.05, 3.63) is 46.0 Å². The molecule has 0 bridgehead atoms. The summed E-state index contributed by atoms with van der Waals surface area (Å²) in [6.07, 6.45) is 2.55. The first-order valence-electron chi connectivity index (χ1n) is 7.13. The molecule has 0 spiro atoms. The summed E-state index contributed by atoms with van der Waals surface area (Å²) in [4.78, 5) is 8.32. The summed E-state index contributed by atoms with van der Waals surface area (Å²) >= 11 is 1.75. The van der Waals surface area contributed by atoms with Crippen LogP contribution in [0.1, 0.15) is 40.5 Å². The maximum atomic E-state index is 5.85. The molecule has 1 saturated carbocycles. The van der Waals surface area contributed by atoms with Gasteiger partial charge in [-0.3, -0.25) is 0 Å². The number of aryl methyl sites for hydroxylation is 1. The normalized spacial score (nSPS) is 14.6. The van der Waals surface area contributed by atoms with E-state index in [2.05, 4.69) is 43.1 Å². The Bertz CT molecular complexity index is 602. The number of hydrogen-bond donors (Lipinski definition) is 1. The highest BCUT2D eigenvalue weighted by atomic mass is 32.1. The molecule has 2 aromatic rings. The molecule has 2 N–H and O–H groups in total. The van der Waals surface area contributed by atoms with Crippen LogP contribution in [0.15, 0.2) is 24.3 Å². The standard InChI is InChI=1S/C16H21N3S/c1-11-4-3-5-12(8-11)10-19(2)16-18-15(13-6-7-13)14(9-17)20-16/h3-5,8,13H,6-7,9-10,17H2,1-2H3. The number of benzene rings is 1. The first-order chi connectivity index (χ1) is 9.67. The van der Waals surface area contributed by atoms with E-state index in [0.717, 1.165) is 11.7 Å². The van der Waals surface area contributed by atoms with Crippen molar-refractivity contribution in [1.29, 1.82) is 0 Å². The molecule has 0 amide bonds. The third-order valence-electron chi connectivity index (χ3n) is 3.69. The summed E-state index contributed by atoms with van der Waals surface area (Å²) in [7, 11) is 2.11. The fourth-order valence-corrected chi connectivity index (χ4v) is 3.47. The molecule has 1 aromatic heterocycles. The average molecular weight is 287 g/mol. The molecule has 0 atom stereocenters. The third kappa shape index (κ3) is 2.86. The molecule has 106 valence electrons. The topological polar surface area (TPSA) is 42.2 Å². The largest absolute Gasteiger partial charge is 0.347 e. The maximum Gasteiger partial charge on any atom is 0.185 e. The molecule has 1 aliphatic rings. The Hall–Kier alpha value is -1.39. The summed E-state index contributed by atoms with van der Waals surface area (Å²) in [6.45, 7) is 3.63. The fourth-order valence-electron chi connectivity index (χ4n) is 2.49. The van der Waals surface area contributed by atoms with E-state index in [1.807, 2.05) is 0 Å². The van der Waals surface area contributed by atoms with Crippen molar-refractivity contribution in [3.63, 3.8) is 0 Å². The molecule has 1 aromatic carbocycles. The Balaban J connectivity index is 1.78. The molecule has 4 heteroatoms. The third-order valence-corrected chi connectivity index (χ3v) is 4.90. The van der Waals surface area contributed by atoms with Gasteiger partial charge in [-0.05, 0) is 25.3 Å². The van der Waals surface area contributed by atoms with E-state index in [1.165, 1.54) is 34.5 Å². The van der Waals surface area contributed by atoms with Crippen LogP contribution < -0.4 is 10.6 Å². The zero-order chi connectivity index (χ0) is 14.1. The second-order valence-corrected chi connectivity index (χ2v) is 6.69. The monoisotopic (exact) mass is 287 g/mol. The summed E-state index contributed by atoms with van der Waals surface area (Å²) in [5.41, 5.74) is 9.73. The summed E-state index contributed by atoms with van der Waals surface area (Å²) < 4.78 is 0. The van der Waals surface area contributed by atoms with Gasteiger partial charge in [0.05, 0.1) is 5.69 Å². The van der Waals surface area contributed by atoms with Crippen LogP contribution in [0.3, 0.4) is 0 Å². The molecule has 20 heavy (non-hydrogen) atoms. The van der Waals surface area contributed by atoms with E-state index in [4.69, 9.17) is 10.7 Å². The molecular formula is C16H21N3S. The molecular weight excluding hydrogens is 266 g/mol. The lowest BCUT2D eigenvalue weighted by Gasteiger charge is -2.16. The molecule has 3 rings (SSSR count). The number of rotatable bonds is 5. The van der Waals surface area contributed by atoms with Crippen molar-refractivity contribution in [2.75, 3.05) is 11.9 Å². The van der Waals surface area contributed by atoms with Crippen LogP contribution in [0, 0.1) is 6.92 Å². The zero-order valence-electron chi connectivity index (χ0n) is 12.1. The maximum absolute atomic E-state index is 5.85. The highest BCUT2D eigenvalue weighted by Crippen LogP contribution is 2.44. The number of thiazole rings is 1. The van der Waals surface area contributed by atoms with Gasteiger partial charge in [0.15, 0.2) is 5.13 Å². The number of anilines is 1. The van der Waals surface area contributed by atoms with Gasteiger partial charge in [0, 0.05) is 30.9 Å². The van der Waals surface area contributed by atoms with Crippen LogP contribution in [0.5, 0.6) is 0 Å². The van der Waals surface area contributed by atoms with Crippen LogP contribution >= 0.6 is 11.3 Å². The predicted molar refractivity (Wildman–Crippen MR) is 85.3 cm³/mol. The van der Waals surface area contributed by atoms with Crippen LogP contribution in [-0.2, 0) is 13.1 Å². The molecule has 0 unspecified atom stereocenters. The van der Waals surface area contributed by atoms with Gasteiger partial charge < -0.3 is 10.6 Å². The number of nitrogens with zero attached hydrogens (tertiary/aromatic N) is 2. The van der Waals surface area contributed by atoms with Gasteiger partial charge in [-0.25, -0.2) is 4.98 Å². The quantitative estimate of drug-likeness (QED) is 0.916. The van der Waals surface area contributed by atoms with E-state index in [0.29, 0.717) is 12.5 Å². The lowest BCUT2D eigenvalue weighted by atomic mass is 10.1. The predicted octanol–water partition coefficient (Wildman–Crippen LogP) is 3.42. The van der Waals surface area contributed by atoms with Gasteiger partial charge in [0.2, 0.25) is 0 Å². The van der Waals surface area contributed by atoms with Crippen LogP contribution in [-0.4, -0.2) is 12.0 Å². The molecule has 0 aliphatic heterocycles. The van der Waals surface area contributed by atoms with Crippen molar-refractivity contribution in [1.82, 2.24) is 4.98 Å². The Morgan fingerprint density at radius 3 is 2.85 bits per heavy atom. The Morgan fingerprint density at radius 2 is 2.20 bits per heavy atom. The lowest BCUT2D eigenvalue weighted by molar-refractivity contribution is 0.896. The zero-order valence-corrected chi connectivity index (χ0v) is 12.9. The summed E-state index contributed by atoms with van der Waals surface area (Å²) in [5.74, 6) is 0.672. The van der Waals surface area contributed by atoms with Crippen molar-refractivity contribution in [2.45, 2.75) is 38.8 Å². The van der Waals surface area contributed by atoms with Gasteiger partial charge in [-0.15, -0.1) is 11.3 Å². The van der Waals surface area contributed by atoms with Gasteiger partial charge in [-0.1, -0.05) is 29.8 Å². The summed E-state index contributed by atoms with van der Waals surface area (Å²) in [5, 5.41) is 1.09. The highest BCUT2D eigenvalue weighted by molar-refractivity contribution is 7.15. The van der Waals surface area contributed by atoms with E-state index >= 15 is 0 Å². The second-order valence-electron chi connectivity index (χ2n) is 5.63. The van der Waals surface area contributed by atoms with Crippen LogP contribution in [0.2, 0.25) is 0 Å². The molecule has 1 heterocycles. The molecule has 1 aliphatic carbocycles. The van der Waals surface area contributed by atoms with Gasteiger partial charge in [0.1, 0.15) is 0 Å². The lowest BCUT2D eigenvalue weighted by Crippen LogP contribution is -2.16. The first kappa shape index (κ1) is 13.6. The first-order valence-corrected chi connectivity index (χ1v) is 7.95. The SMILES string of the molecule is Cc1cccc(CN(C)c2nc(C3CC3)c(CN)s2)c1. The second kappa shape index (κ2) is 5.54. The molecule has 0 radical (unpaired) electrons. The van der Waals surface area contributed by atoms with Crippen LogP contribution in [0.4, 0.5) is 5.13 Å². The van der Waals surface area contributed by atoms with Gasteiger partial charge in [-0.2, -0.15) is 0 Å². The smallest absolute Gasteiger partial charge is 0.185 e. The minimum atomic E-state index is 0.613. The Morgan fingerprint density at radius 1 is 1.40 bits per heavy atom. The van der Waals surface area contributed by atoms with E-state index < -0.39 is 0 Å². The van der Waals surface area contributed by atoms with E-state index in [1.54, 1.807) is 11.3 Å². The Labute approximate surface area is 124 Å². The van der Waals surface area contributed by atoms with Crippen LogP contribution in [0.25, 0.3) is 0 Å². The molecule has 1 fully saturated rings. The Kier molecular flexibility index (Phi) is 3.76. The van der Waals surface area contributed by atoms with E-state index in [9.17, 15) is 0 Å². The van der Waals surface area contributed by atoms with Gasteiger partial charge in [0.25, 0.3) is 0 Å². The minimum Gasteiger partial charge on any atom is -0.347 e. The molecule has 3 nitrogen and oxygen atoms in total. The average Bonchev–Trinajstić information content (AvgIpc) is 3.17. The van der Waals surface area contributed by atoms with Crippen molar-refractivity contribution < 1.29 is 0 Å². The fraction of sp³-hybridized carbons (Fsp3) is 0.438. The number of nitrogens with two attached hydrogens (primary N) is 1. The molecule has 0 saturated heterocycles. The van der Waals surface area contributed by atoms with Crippen molar-refractivity contribution >= 4 is 16.5 Å². The summed E-state index contributed by atoms with van der Waals surface area (Å²) in [6, 6.07) is 8.64. The van der Waals surface area contributed by atoms with Crippen molar-refractivity contribution in [2.24, 2.45) is 5.73 Å². The van der Waals surface area contributed by atoms with E-state index in [-0.39, 0.29) is 0 Å².